The predicted molar refractivity (Wildman–Crippen MR) is 107 cm³/mol. The van der Waals surface area contributed by atoms with E-state index in [0.717, 1.165) is 32.2 Å². The second kappa shape index (κ2) is 8.86. The summed E-state index contributed by atoms with van der Waals surface area (Å²) >= 11 is 0. The van der Waals surface area contributed by atoms with Crippen molar-refractivity contribution in [3.05, 3.63) is 36.2 Å². The average Bonchev–Trinajstić information content (AvgIpc) is 2.74. The Morgan fingerprint density at radius 1 is 1.32 bits per heavy atom. The van der Waals surface area contributed by atoms with Gasteiger partial charge in [0.25, 0.3) is 0 Å². The summed E-state index contributed by atoms with van der Waals surface area (Å²) in [7, 11) is 0. The molecule has 2 saturated heterocycles. The summed E-state index contributed by atoms with van der Waals surface area (Å²) in [5, 5.41) is 2.93. The maximum atomic E-state index is 12.8. The summed E-state index contributed by atoms with van der Waals surface area (Å²) in [6.07, 6.45) is 12.5. The molecule has 3 atom stereocenters. The molecule has 2 amide bonds. The zero-order valence-electron chi connectivity index (χ0n) is 16.3. The van der Waals surface area contributed by atoms with E-state index in [1.165, 1.54) is 18.4 Å². The highest BCUT2D eigenvalue weighted by Gasteiger charge is 2.39. The monoisotopic (exact) mass is 383 g/mol. The Bertz CT molecular complexity index is 734. The first-order valence-corrected chi connectivity index (χ1v) is 10.5. The molecule has 3 aliphatic rings. The molecule has 0 unspecified atom stereocenters. The zero-order chi connectivity index (χ0) is 19.3. The van der Waals surface area contributed by atoms with Crippen LogP contribution in [0.4, 0.5) is 5.69 Å². The molecule has 2 fully saturated rings. The van der Waals surface area contributed by atoms with E-state index in [1.54, 1.807) is 18.5 Å². The van der Waals surface area contributed by atoms with Gasteiger partial charge in [0, 0.05) is 31.6 Å². The molecule has 3 heterocycles. The van der Waals surface area contributed by atoms with E-state index in [4.69, 9.17) is 4.74 Å². The van der Waals surface area contributed by atoms with Crippen LogP contribution in [0.3, 0.4) is 0 Å². The summed E-state index contributed by atoms with van der Waals surface area (Å²) in [5.74, 6) is 0.254. The van der Waals surface area contributed by atoms with Crippen LogP contribution in [-0.2, 0) is 14.3 Å². The van der Waals surface area contributed by atoms with Crippen molar-refractivity contribution in [2.45, 2.75) is 51.0 Å². The molecule has 1 N–H and O–H groups in total. The number of anilines is 1. The van der Waals surface area contributed by atoms with Crippen LogP contribution in [0.15, 0.2) is 36.2 Å². The molecular weight excluding hydrogens is 354 g/mol. The number of nitrogens with one attached hydrogen (secondary N) is 1. The molecule has 0 radical (unpaired) electrons. The first-order chi connectivity index (χ1) is 13.7. The van der Waals surface area contributed by atoms with Gasteiger partial charge < -0.3 is 15.0 Å². The Kier molecular flexibility index (Phi) is 6.05. The molecular formula is C22H29N3O3. The number of piperidine rings is 1. The largest absolute Gasteiger partial charge is 0.377 e. The number of rotatable bonds is 4. The van der Waals surface area contributed by atoms with Gasteiger partial charge in [-0.05, 0) is 50.7 Å². The molecule has 0 bridgehead atoms. The fourth-order valence-corrected chi connectivity index (χ4v) is 4.59. The molecule has 28 heavy (non-hydrogen) atoms. The quantitative estimate of drug-likeness (QED) is 0.811. The number of pyridine rings is 1. The number of carbonyl (C=O) groups is 2. The van der Waals surface area contributed by atoms with Gasteiger partial charge >= 0.3 is 0 Å². The molecule has 6 nitrogen and oxygen atoms in total. The van der Waals surface area contributed by atoms with Gasteiger partial charge in [0.15, 0.2) is 0 Å². The number of nitrogens with zero attached hydrogens (tertiary/aromatic N) is 2. The van der Waals surface area contributed by atoms with E-state index in [1.807, 2.05) is 11.0 Å². The highest BCUT2D eigenvalue weighted by molar-refractivity contribution is 5.92. The first kappa shape index (κ1) is 19.1. The minimum Gasteiger partial charge on any atom is -0.377 e. The lowest BCUT2D eigenvalue weighted by atomic mass is 9.83. The third-order valence-corrected chi connectivity index (χ3v) is 6.18. The molecule has 2 aliphatic heterocycles. The Morgan fingerprint density at radius 2 is 2.25 bits per heavy atom. The number of allylic oxidation sites excluding steroid dienone is 1. The highest BCUT2D eigenvalue weighted by Crippen LogP contribution is 2.32. The van der Waals surface area contributed by atoms with Crippen molar-refractivity contribution in [2.75, 3.05) is 25.0 Å². The summed E-state index contributed by atoms with van der Waals surface area (Å²) in [6, 6.07) is 3.63. The van der Waals surface area contributed by atoms with E-state index in [0.29, 0.717) is 25.3 Å². The zero-order valence-corrected chi connectivity index (χ0v) is 16.3. The Hall–Kier alpha value is -2.21. The Labute approximate surface area is 166 Å². The van der Waals surface area contributed by atoms with Crippen molar-refractivity contribution < 1.29 is 14.3 Å². The summed E-state index contributed by atoms with van der Waals surface area (Å²) in [4.78, 5) is 31.4. The number of amides is 2. The number of carbonyl (C=O) groups excluding carboxylic acids is 2. The number of fused-ring (bicyclic) bond motifs is 1. The number of likely N-dealkylation sites (tertiary alicyclic amines) is 1. The van der Waals surface area contributed by atoms with E-state index >= 15 is 0 Å². The van der Waals surface area contributed by atoms with Crippen LogP contribution in [0.1, 0.15) is 44.9 Å². The Balaban J connectivity index is 1.32. The van der Waals surface area contributed by atoms with Crippen molar-refractivity contribution in [1.29, 1.82) is 0 Å². The van der Waals surface area contributed by atoms with E-state index in [2.05, 4.69) is 16.4 Å². The van der Waals surface area contributed by atoms with Gasteiger partial charge in [-0.25, -0.2) is 0 Å². The van der Waals surface area contributed by atoms with Crippen molar-refractivity contribution in [3.63, 3.8) is 0 Å². The van der Waals surface area contributed by atoms with E-state index in [-0.39, 0.29) is 29.8 Å². The van der Waals surface area contributed by atoms with Gasteiger partial charge in [-0.2, -0.15) is 0 Å². The molecule has 0 saturated carbocycles. The summed E-state index contributed by atoms with van der Waals surface area (Å²) < 4.78 is 6.01. The van der Waals surface area contributed by atoms with Crippen LogP contribution in [0, 0.1) is 11.8 Å². The normalized spacial score (nSPS) is 27.5. The lowest BCUT2D eigenvalue weighted by Gasteiger charge is -2.43. The minimum absolute atomic E-state index is 0.0257. The second-order valence-corrected chi connectivity index (χ2v) is 8.21. The molecule has 6 heteroatoms. The van der Waals surface area contributed by atoms with Crippen molar-refractivity contribution in [3.8, 4) is 0 Å². The molecule has 1 aliphatic carbocycles. The number of hydrogen-bond donors (Lipinski definition) is 1. The maximum Gasteiger partial charge on any atom is 0.229 e. The van der Waals surface area contributed by atoms with Crippen LogP contribution >= 0.6 is 0 Å². The van der Waals surface area contributed by atoms with Gasteiger partial charge in [0.05, 0.1) is 30.5 Å². The van der Waals surface area contributed by atoms with Gasteiger partial charge in [0.1, 0.15) is 0 Å². The van der Waals surface area contributed by atoms with E-state index in [9.17, 15) is 9.59 Å². The fraction of sp³-hybridized carbons (Fsp3) is 0.591. The highest BCUT2D eigenvalue weighted by atomic mass is 16.5. The smallest absolute Gasteiger partial charge is 0.229 e. The topological polar surface area (TPSA) is 71.5 Å². The van der Waals surface area contributed by atoms with E-state index < -0.39 is 0 Å². The third kappa shape index (κ3) is 4.61. The molecule has 1 aromatic heterocycles. The summed E-state index contributed by atoms with van der Waals surface area (Å²) in [5.41, 5.74) is 2.00. The van der Waals surface area contributed by atoms with Crippen LogP contribution in [0.25, 0.3) is 0 Å². The van der Waals surface area contributed by atoms with Gasteiger partial charge in [-0.3, -0.25) is 14.6 Å². The van der Waals surface area contributed by atoms with Crippen LogP contribution in [0.2, 0.25) is 0 Å². The number of ether oxygens (including phenoxy) is 1. The summed E-state index contributed by atoms with van der Waals surface area (Å²) in [6.45, 7) is 1.92. The molecule has 4 rings (SSSR count). The van der Waals surface area contributed by atoms with Crippen molar-refractivity contribution >= 4 is 17.5 Å². The van der Waals surface area contributed by atoms with Crippen LogP contribution in [0.5, 0.6) is 0 Å². The third-order valence-electron chi connectivity index (χ3n) is 6.18. The maximum absolute atomic E-state index is 12.8. The standard InChI is InChI=1S/C22H29N3O3/c26-21(11-16-5-2-1-3-6-16)25-10-8-20-17(14-25)12-18(15-28-20)22(27)24-19-7-4-9-23-13-19/h4-5,7,9,13,17-18,20H,1-3,6,8,10-12,14-15H2,(H,24,27)/t17-,18-,20+/m0/s1. The molecule has 0 aromatic carbocycles. The number of aromatic nitrogens is 1. The lowest BCUT2D eigenvalue weighted by molar-refractivity contribution is -0.143. The van der Waals surface area contributed by atoms with Crippen molar-refractivity contribution in [2.24, 2.45) is 11.8 Å². The van der Waals surface area contributed by atoms with Gasteiger partial charge in [-0.15, -0.1) is 0 Å². The first-order valence-electron chi connectivity index (χ1n) is 10.5. The minimum atomic E-state index is -0.183. The average molecular weight is 383 g/mol. The molecule has 150 valence electrons. The SMILES string of the molecule is O=C(Nc1cccnc1)[C@@H]1CO[C@@H]2CCN(C(=O)CC3=CCCCC3)C[C@@H]2C1. The second-order valence-electron chi connectivity index (χ2n) is 8.21. The molecule has 1 aromatic rings. The van der Waals surface area contributed by atoms with Gasteiger partial charge in [-0.1, -0.05) is 11.6 Å². The lowest BCUT2D eigenvalue weighted by Crippen LogP contribution is -2.51. The Morgan fingerprint density at radius 3 is 3.04 bits per heavy atom. The van der Waals surface area contributed by atoms with Gasteiger partial charge in [0.2, 0.25) is 11.8 Å². The number of hydrogen-bond acceptors (Lipinski definition) is 4. The molecule has 0 spiro atoms. The predicted octanol–water partition coefficient (Wildman–Crippen LogP) is 3.16. The van der Waals surface area contributed by atoms with Crippen LogP contribution < -0.4 is 5.32 Å². The van der Waals surface area contributed by atoms with Crippen molar-refractivity contribution in [1.82, 2.24) is 9.88 Å². The van der Waals surface area contributed by atoms with Crippen LogP contribution in [-0.4, -0.2) is 47.5 Å². The fourth-order valence-electron chi connectivity index (χ4n) is 4.59.